The van der Waals surface area contributed by atoms with Crippen LogP contribution in [-0.2, 0) is 4.74 Å². The maximum atomic E-state index is 9.97. The van der Waals surface area contributed by atoms with Crippen LogP contribution in [0.5, 0.6) is 5.75 Å². The number of likely N-dealkylation sites (N-methyl/N-ethyl adjacent to an activating group) is 1. The molecule has 1 aromatic heterocycles. The van der Waals surface area contributed by atoms with E-state index in [2.05, 4.69) is 16.3 Å². The maximum absolute atomic E-state index is 9.97. The minimum Gasteiger partial charge on any atom is -0.491 e. The molecule has 0 bridgehead atoms. The molecular weight excluding hydrogens is 420 g/mol. The monoisotopic (exact) mass is 452 g/mol. The lowest BCUT2D eigenvalue weighted by Crippen LogP contribution is -2.37. The number of anilines is 1. The van der Waals surface area contributed by atoms with Crippen LogP contribution in [0.25, 0.3) is 16.8 Å². The van der Waals surface area contributed by atoms with Gasteiger partial charge in [0, 0.05) is 43.0 Å². The quantitative estimate of drug-likeness (QED) is 0.521. The zero-order valence-electron chi connectivity index (χ0n) is 19.4. The van der Waals surface area contributed by atoms with E-state index >= 15 is 0 Å². The summed E-state index contributed by atoms with van der Waals surface area (Å²) in [5.74, 6) is 1.97. The zero-order valence-corrected chi connectivity index (χ0v) is 19.4. The smallest absolute Gasteiger partial charge is 0.159 e. The van der Waals surface area contributed by atoms with E-state index in [0.717, 1.165) is 30.0 Å². The second-order valence-electron chi connectivity index (χ2n) is 8.19. The third kappa shape index (κ3) is 6.42. The number of rotatable bonds is 9. The normalized spacial score (nSPS) is 15.4. The third-order valence-electron chi connectivity index (χ3n) is 5.32. The molecule has 4 N–H and O–H groups in total. The fraction of sp³-hybridized carbons (Fsp3) is 0.458. The van der Waals surface area contributed by atoms with E-state index in [1.165, 1.54) is 0 Å². The van der Waals surface area contributed by atoms with Crippen molar-refractivity contribution < 1.29 is 14.6 Å². The van der Waals surface area contributed by atoms with Crippen LogP contribution < -0.4 is 20.7 Å². The van der Waals surface area contributed by atoms with E-state index in [0.29, 0.717) is 42.6 Å². The Hall–Kier alpha value is -3.19. The van der Waals surface area contributed by atoms with Gasteiger partial charge in [-0.25, -0.2) is 9.97 Å². The highest BCUT2D eigenvalue weighted by Crippen LogP contribution is 2.30. The van der Waals surface area contributed by atoms with E-state index in [9.17, 15) is 10.4 Å². The minimum absolute atomic E-state index is 0.108. The lowest BCUT2D eigenvalue weighted by Gasteiger charge is -2.28. The highest BCUT2D eigenvalue weighted by Gasteiger charge is 2.19. The number of nitrogens with zero attached hydrogens (tertiary/aromatic N) is 4. The number of ether oxygens (including phenoxy) is 2. The summed E-state index contributed by atoms with van der Waals surface area (Å²) in [4.78, 5) is 11.7. The molecular formula is C24H32N6O3. The third-order valence-corrected chi connectivity index (χ3v) is 5.32. The molecule has 9 heteroatoms. The topological polar surface area (TPSA) is 130 Å². The summed E-state index contributed by atoms with van der Waals surface area (Å²) < 4.78 is 11.3. The number of hydrogen-bond donors (Lipinski definition) is 3. The Morgan fingerprint density at radius 2 is 2.06 bits per heavy atom. The van der Waals surface area contributed by atoms with Gasteiger partial charge in [-0.05, 0) is 31.2 Å². The molecule has 176 valence electrons. The summed E-state index contributed by atoms with van der Waals surface area (Å²) in [5, 5.41) is 22.4. The lowest BCUT2D eigenvalue weighted by atomic mass is 10.0. The van der Waals surface area contributed by atoms with Crippen LogP contribution >= 0.6 is 0 Å². The van der Waals surface area contributed by atoms with Crippen molar-refractivity contribution in [1.29, 1.82) is 5.26 Å². The molecule has 9 nitrogen and oxygen atoms in total. The first kappa shape index (κ1) is 24.5. The van der Waals surface area contributed by atoms with Crippen LogP contribution in [0.1, 0.15) is 25.2 Å². The molecule has 1 aromatic carbocycles. The Labute approximate surface area is 194 Å². The molecule has 1 atom stereocenters. The van der Waals surface area contributed by atoms with Gasteiger partial charge in [-0.15, -0.1) is 0 Å². The largest absolute Gasteiger partial charge is 0.491 e. The summed E-state index contributed by atoms with van der Waals surface area (Å²) in [6.07, 6.45) is 0.891. The highest BCUT2D eigenvalue weighted by molar-refractivity contribution is 5.70. The molecule has 0 spiro atoms. The van der Waals surface area contributed by atoms with E-state index in [4.69, 9.17) is 25.2 Å². The molecule has 1 aliphatic rings. The first-order valence-corrected chi connectivity index (χ1v) is 11.1. The number of nitriles is 1. The van der Waals surface area contributed by atoms with Crippen molar-refractivity contribution in [3.63, 3.8) is 0 Å². The zero-order chi connectivity index (χ0) is 23.8. The first-order valence-electron chi connectivity index (χ1n) is 11.1. The molecule has 0 saturated carbocycles. The van der Waals surface area contributed by atoms with Gasteiger partial charge in [0.2, 0.25) is 0 Å². The fourth-order valence-corrected chi connectivity index (χ4v) is 3.57. The SMILES string of the molecule is CNCC(O)COc1cc(C#N)cc(-c2cc(N3CCOCC3)nc(C(=CN)C(C)C)n2)c1. The fourth-order valence-electron chi connectivity index (χ4n) is 3.57. The van der Waals surface area contributed by atoms with E-state index in [1.807, 2.05) is 26.0 Å². The summed E-state index contributed by atoms with van der Waals surface area (Å²) in [6, 6.07) is 9.34. The van der Waals surface area contributed by atoms with Crippen molar-refractivity contribution in [2.75, 3.05) is 51.4 Å². The Balaban J connectivity index is 2.04. The molecule has 1 unspecified atom stereocenters. The number of allylic oxidation sites excluding steroid dienone is 1. The van der Waals surface area contributed by atoms with Crippen LogP contribution in [0, 0.1) is 17.2 Å². The van der Waals surface area contributed by atoms with Crippen LogP contribution in [0.3, 0.4) is 0 Å². The van der Waals surface area contributed by atoms with Crippen molar-refractivity contribution >= 4 is 11.4 Å². The van der Waals surface area contributed by atoms with Gasteiger partial charge in [0.05, 0.1) is 30.5 Å². The lowest BCUT2D eigenvalue weighted by molar-refractivity contribution is 0.108. The Morgan fingerprint density at radius 1 is 1.30 bits per heavy atom. The van der Waals surface area contributed by atoms with Crippen LogP contribution in [0.2, 0.25) is 0 Å². The summed E-state index contributed by atoms with van der Waals surface area (Å²) in [7, 11) is 1.76. The van der Waals surface area contributed by atoms with E-state index < -0.39 is 6.10 Å². The molecule has 2 heterocycles. The van der Waals surface area contributed by atoms with E-state index in [-0.39, 0.29) is 12.5 Å². The molecule has 0 radical (unpaired) electrons. The summed E-state index contributed by atoms with van der Waals surface area (Å²) >= 11 is 0. The highest BCUT2D eigenvalue weighted by atomic mass is 16.5. The van der Waals surface area contributed by atoms with Crippen molar-refractivity contribution in [2.45, 2.75) is 20.0 Å². The first-order chi connectivity index (χ1) is 15.9. The van der Waals surface area contributed by atoms with Gasteiger partial charge in [-0.2, -0.15) is 5.26 Å². The second-order valence-corrected chi connectivity index (χ2v) is 8.19. The van der Waals surface area contributed by atoms with Crippen LogP contribution in [0.15, 0.2) is 30.5 Å². The summed E-state index contributed by atoms with van der Waals surface area (Å²) in [6.45, 7) is 7.33. The number of aliphatic hydroxyl groups is 1. The van der Waals surface area contributed by atoms with Gasteiger partial charge in [0.1, 0.15) is 24.3 Å². The van der Waals surface area contributed by atoms with Crippen molar-refractivity contribution in [3.05, 3.63) is 41.9 Å². The van der Waals surface area contributed by atoms with Crippen molar-refractivity contribution in [3.8, 4) is 23.1 Å². The minimum atomic E-state index is -0.661. The van der Waals surface area contributed by atoms with Gasteiger partial charge in [0.25, 0.3) is 0 Å². The molecule has 1 aliphatic heterocycles. The molecule has 33 heavy (non-hydrogen) atoms. The standard InChI is InChI=1S/C24H32N6O3/c1-16(2)21(13-26)24-28-22(11-23(29-24)30-4-6-32-7-5-30)18-8-17(12-25)9-20(10-18)33-15-19(31)14-27-3/h8-11,13,16,19,27,31H,4-7,14-15,26H2,1-3H3. The van der Waals surface area contributed by atoms with Crippen molar-refractivity contribution in [1.82, 2.24) is 15.3 Å². The van der Waals surface area contributed by atoms with E-state index in [1.54, 1.807) is 25.4 Å². The van der Waals surface area contributed by atoms with Crippen LogP contribution in [-0.4, -0.2) is 67.7 Å². The molecule has 1 fully saturated rings. The number of aromatic nitrogens is 2. The maximum Gasteiger partial charge on any atom is 0.159 e. The molecule has 3 rings (SSSR count). The molecule has 1 saturated heterocycles. The average Bonchev–Trinajstić information content (AvgIpc) is 2.83. The van der Waals surface area contributed by atoms with Crippen LogP contribution in [0.4, 0.5) is 5.82 Å². The summed E-state index contributed by atoms with van der Waals surface area (Å²) in [5.41, 5.74) is 8.59. The number of nitrogens with two attached hydrogens (primary N) is 1. The Kier molecular flexibility index (Phi) is 8.60. The molecule has 0 aliphatic carbocycles. The number of nitrogens with one attached hydrogen (secondary N) is 1. The number of benzene rings is 1. The van der Waals surface area contributed by atoms with Crippen molar-refractivity contribution in [2.24, 2.45) is 11.7 Å². The number of hydrogen-bond acceptors (Lipinski definition) is 9. The van der Waals surface area contributed by atoms with Gasteiger partial charge in [-0.1, -0.05) is 13.8 Å². The Bertz CT molecular complexity index is 1010. The van der Waals surface area contributed by atoms with Gasteiger partial charge in [0.15, 0.2) is 5.82 Å². The number of morpholine rings is 1. The average molecular weight is 453 g/mol. The predicted octanol–water partition coefficient (Wildman–Crippen LogP) is 1.77. The molecule has 0 amide bonds. The Morgan fingerprint density at radius 3 is 2.70 bits per heavy atom. The van der Waals surface area contributed by atoms with Gasteiger partial charge in [-0.3, -0.25) is 0 Å². The molecule has 2 aromatic rings. The van der Waals surface area contributed by atoms with Gasteiger partial charge >= 0.3 is 0 Å². The van der Waals surface area contributed by atoms with Gasteiger partial charge < -0.3 is 30.5 Å². The number of aliphatic hydroxyl groups excluding tert-OH is 1. The predicted molar refractivity (Wildman–Crippen MR) is 128 cm³/mol. The second kappa shape index (κ2) is 11.6.